The van der Waals surface area contributed by atoms with Crippen molar-refractivity contribution in [3.63, 3.8) is 0 Å². The van der Waals surface area contributed by atoms with E-state index in [1.54, 1.807) is 11.7 Å². The number of sulfonamides is 1. The topological polar surface area (TPSA) is 85.1 Å². The molecule has 0 aliphatic heterocycles. The summed E-state index contributed by atoms with van der Waals surface area (Å²) in [6, 6.07) is 2.56. The second-order valence-corrected chi connectivity index (χ2v) is 6.95. The van der Waals surface area contributed by atoms with Gasteiger partial charge < -0.3 is 5.73 Å². The zero-order valence-electron chi connectivity index (χ0n) is 10.8. The van der Waals surface area contributed by atoms with Gasteiger partial charge in [-0.15, -0.1) is 11.3 Å². The van der Waals surface area contributed by atoms with Gasteiger partial charge in [-0.25, -0.2) is 17.5 Å². The predicted octanol–water partition coefficient (Wildman–Crippen LogP) is 1.53. The largest absolute Gasteiger partial charge is 0.326 e. The third kappa shape index (κ3) is 3.21. The molecule has 0 radical (unpaired) electrons. The number of nitrogens with one attached hydrogen (secondary N) is 1. The van der Waals surface area contributed by atoms with Crippen molar-refractivity contribution in [3.8, 4) is 0 Å². The maximum Gasteiger partial charge on any atom is 0.240 e. The molecule has 108 valence electrons. The van der Waals surface area contributed by atoms with Gasteiger partial charge in [0.15, 0.2) is 0 Å². The van der Waals surface area contributed by atoms with Crippen molar-refractivity contribution >= 4 is 21.4 Å². The molecule has 0 atom stereocenters. The fourth-order valence-electron chi connectivity index (χ4n) is 1.69. The second kappa shape index (κ2) is 5.96. The molecule has 0 saturated heterocycles. The molecule has 0 spiro atoms. The summed E-state index contributed by atoms with van der Waals surface area (Å²) in [4.78, 5) is 4.68. The Bertz CT molecular complexity index is 700. The first kappa shape index (κ1) is 15.0. The maximum atomic E-state index is 13.7. The van der Waals surface area contributed by atoms with Crippen LogP contribution in [0.25, 0.3) is 0 Å². The molecular weight excluding hydrogens is 301 g/mol. The van der Waals surface area contributed by atoms with Gasteiger partial charge >= 0.3 is 0 Å². The van der Waals surface area contributed by atoms with Crippen molar-refractivity contribution in [2.24, 2.45) is 5.73 Å². The summed E-state index contributed by atoms with van der Waals surface area (Å²) < 4.78 is 40.5. The van der Waals surface area contributed by atoms with Gasteiger partial charge in [-0.2, -0.15) is 0 Å². The molecule has 1 aromatic carbocycles. The summed E-state index contributed by atoms with van der Waals surface area (Å²) in [7, 11) is -3.70. The van der Waals surface area contributed by atoms with Crippen molar-refractivity contribution in [2.75, 3.05) is 0 Å². The van der Waals surface area contributed by atoms with Crippen LogP contribution in [0.4, 0.5) is 4.39 Å². The number of aryl methyl sites for hydroxylation is 1. The molecule has 20 heavy (non-hydrogen) atoms. The fourth-order valence-corrected chi connectivity index (χ4v) is 3.46. The molecule has 1 aromatic heterocycles. The average molecular weight is 315 g/mol. The van der Waals surface area contributed by atoms with Crippen LogP contribution in [0.2, 0.25) is 0 Å². The first-order valence-electron chi connectivity index (χ1n) is 5.80. The molecule has 2 rings (SSSR count). The van der Waals surface area contributed by atoms with E-state index in [0.717, 1.165) is 4.88 Å². The van der Waals surface area contributed by atoms with E-state index in [2.05, 4.69) is 9.71 Å². The van der Waals surface area contributed by atoms with Crippen LogP contribution in [0.3, 0.4) is 0 Å². The zero-order chi connectivity index (χ0) is 14.8. The molecule has 3 N–H and O–H groups in total. The van der Waals surface area contributed by atoms with Gasteiger partial charge in [-0.05, 0) is 24.6 Å². The van der Waals surface area contributed by atoms with Crippen LogP contribution >= 0.6 is 11.3 Å². The second-order valence-electron chi connectivity index (χ2n) is 4.21. The minimum atomic E-state index is -3.70. The molecule has 0 saturated carbocycles. The van der Waals surface area contributed by atoms with E-state index in [1.807, 2.05) is 0 Å². The van der Waals surface area contributed by atoms with Crippen LogP contribution in [-0.2, 0) is 23.1 Å². The number of thiazole rings is 1. The lowest BCUT2D eigenvalue weighted by molar-refractivity contribution is 0.578. The fraction of sp³-hybridized carbons (Fsp3) is 0.250. The number of rotatable bonds is 5. The molecule has 0 unspecified atom stereocenters. The Balaban J connectivity index is 2.27. The summed E-state index contributed by atoms with van der Waals surface area (Å²) >= 11 is 1.35. The highest BCUT2D eigenvalue weighted by Gasteiger charge is 2.17. The van der Waals surface area contributed by atoms with Crippen LogP contribution in [0, 0.1) is 12.7 Å². The number of benzene rings is 1. The van der Waals surface area contributed by atoms with Crippen LogP contribution in [0.1, 0.15) is 16.0 Å². The van der Waals surface area contributed by atoms with Gasteiger partial charge in [0.1, 0.15) is 5.82 Å². The molecule has 0 aliphatic carbocycles. The lowest BCUT2D eigenvalue weighted by atomic mass is 10.1. The van der Waals surface area contributed by atoms with Crippen LogP contribution < -0.4 is 10.5 Å². The molecule has 0 amide bonds. The SMILES string of the molecule is Cc1cc(S(=O)(=O)NCc2cncs2)cc(CN)c1F. The van der Waals surface area contributed by atoms with Crippen molar-refractivity contribution in [1.82, 2.24) is 9.71 Å². The summed E-state index contributed by atoms with van der Waals surface area (Å²) in [5.41, 5.74) is 7.48. The quantitative estimate of drug-likeness (QED) is 0.876. The number of nitrogens with two attached hydrogens (primary N) is 1. The molecule has 8 heteroatoms. The Morgan fingerprint density at radius 1 is 1.45 bits per heavy atom. The van der Waals surface area contributed by atoms with E-state index in [0.29, 0.717) is 0 Å². The summed E-state index contributed by atoms with van der Waals surface area (Å²) in [5.74, 6) is -0.464. The molecule has 1 heterocycles. The normalized spacial score (nSPS) is 11.8. The summed E-state index contributed by atoms with van der Waals surface area (Å²) in [6.45, 7) is 1.61. The van der Waals surface area contributed by atoms with Gasteiger partial charge in [0.25, 0.3) is 0 Å². The first-order valence-corrected chi connectivity index (χ1v) is 8.16. The standard InChI is InChI=1S/C12H14FN3O2S2/c1-8-2-11(3-9(4-14)12(8)13)20(17,18)16-6-10-5-15-7-19-10/h2-3,5,7,16H,4,6,14H2,1H3. The maximum absolute atomic E-state index is 13.7. The van der Waals surface area contributed by atoms with E-state index in [-0.39, 0.29) is 29.1 Å². The molecule has 0 aliphatic rings. The minimum absolute atomic E-state index is 0.0152. The van der Waals surface area contributed by atoms with Gasteiger partial charge in [-0.3, -0.25) is 4.98 Å². The third-order valence-electron chi connectivity index (χ3n) is 2.75. The highest BCUT2D eigenvalue weighted by Crippen LogP contribution is 2.19. The Hall–Kier alpha value is -1.35. The molecule has 2 aromatic rings. The molecule has 0 bridgehead atoms. The Kier molecular flexibility index (Phi) is 4.48. The number of hydrogen-bond donors (Lipinski definition) is 2. The smallest absolute Gasteiger partial charge is 0.240 e. The lowest BCUT2D eigenvalue weighted by Crippen LogP contribution is -2.23. The van der Waals surface area contributed by atoms with Gasteiger partial charge in [0, 0.05) is 29.7 Å². The van der Waals surface area contributed by atoms with E-state index >= 15 is 0 Å². The lowest BCUT2D eigenvalue weighted by Gasteiger charge is -2.10. The van der Waals surface area contributed by atoms with Crippen molar-refractivity contribution in [1.29, 1.82) is 0 Å². The predicted molar refractivity (Wildman–Crippen MR) is 75.2 cm³/mol. The highest BCUT2D eigenvalue weighted by atomic mass is 32.2. The van der Waals surface area contributed by atoms with Gasteiger partial charge in [-0.1, -0.05) is 0 Å². The summed E-state index contributed by atoms with van der Waals surface area (Å²) in [6.07, 6.45) is 1.59. The minimum Gasteiger partial charge on any atom is -0.326 e. The van der Waals surface area contributed by atoms with E-state index in [4.69, 9.17) is 5.73 Å². The zero-order valence-corrected chi connectivity index (χ0v) is 12.4. The Morgan fingerprint density at radius 2 is 2.20 bits per heavy atom. The van der Waals surface area contributed by atoms with Crippen LogP contribution in [-0.4, -0.2) is 13.4 Å². The molecule has 5 nitrogen and oxygen atoms in total. The van der Waals surface area contributed by atoms with Gasteiger partial charge in [0.2, 0.25) is 10.0 Å². The monoisotopic (exact) mass is 315 g/mol. The number of nitrogens with zero attached hydrogens (tertiary/aromatic N) is 1. The summed E-state index contributed by atoms with van der Waals surface area (Å²) in [5, 5.41) is 0. The molecule has 0 fully saturated rings. The van der Waals surface area contributed by atoms with Crippen molar-refractivity contribution < 1.29 is 12.8 Å². The average Bonchev–Trinajstić information content (AvgIpc) is 2.92. The first-order chi connectivity index (χ1) is 9.44. The Morgan fingerprint density at radius 3 is 2.80 bits per heavy atom. The number of halogens is 1. The third-order valence-corrected chi connectivity index (χ3v) is 4.91. The Labute approximate surface area is 120 Å². The van der Waals surface area contributed by atoms with Crippen LogP contribution in [0.15, 0.2) is 28.7 Å². The van der Waals surface area contributed by atoms with Crippen molar-refractivity contribution in [3.05, 3.63) is 45.7 Å². The number of aromatic nitrogens is 1. The van der Waals surface area contributed by atoms with Gasteiger partial charge in [0.05, 0.1) is 10.4 Å². The number of hydrogen-bond acceptors (Lipinski definition) is 5. The highest BCUT2D eigenvalue weighted by molar-refractivity contribution is 7.89. The van der Waals surface area contributed by atoms with Crippen LogP contribution in [0.5, 0.6) is 0 Å². The van der Waals surface area contributed by atoms with E-state index < -0.39 is 15.8 Å². The van der Waals surface area contributed by atoms with Crippen molar-refractivity contribution in [2.45, 2.75) is 24.9 Å². The van der Waals surface area contributed by atoms with E-state index in [9.17, 15) is 12.8 Å². The van der Waals surface area contributed by atoms with E-state index in [1.165, 1.54) is 30.4 Å². The molecular formula is C12H14FN3O2S2.